The van der Waals surface area contributed by atoms with Crippen LogP contribution in [0.5, 0.6) is 5.75 Å². The summed E-state index contributed by atoms with van der Waals surface area (Å²) in [7, 11) is 0. The SMILES string of the molecule is C=CC(C)(C)C=C.CB(C)c1cc(N=[C]([Pb])c2ccccc2)cc2ccc(F)c(OCF)c12.CC.CCC. The van der Waals surface area contributed by atoms with Gasteiger partial charge in [-0.25, -0.2) is 0 Å². The van der Waals surface area contributed by atoms with Crippen LogP contribution in [0.1, 0.15) is 53.5 Å². The number of hydrogen-bond acceptors (Lipinski definition) is 2. The van der Waals surface area contributed by atoms with Crippen LogP contribution in [-0.2, 0) is 0 Å². The number of benzene rings is 3. The van der Waals surface area contributed by atoms with Crippen LogP contribution in [0.25, 0.3) is 10.8 Å². The summed E-state index contributed by atoms with van der Waals surface area (Å²) in [5.41, 5.74) is 2.92. The largest absolute Gasteiger partial charge is 0.0683 e. The Labute approximate surface area is 246 Å². The number of aliphatic imine (C=N–C) groups is 1. The molecule has 2 nitrogen and oxygen atoms in total. The third-order valence-corrected chi connectivity index (χ3v) is 6.76. The van der Waals surface area contributed by atoms with Gasteiger partial charge in [-0.15, -0.1) is 13.2 Å². The fourth-order valence-corrected chi connectivity index (χ4v) is 4.16. The predicted octanol–water partition coefficient (Wildman–Crippen LogP) is 9.32. The van der Waals surface area contributed by atoms with Gasteiger partial charge in [0.15, 0.2) is 0 Å². The maximum Gasteiger partial charge on any atom is -0.0590 e. The van der Waals surface area contributed by atoms with Crippen molar-refractivity contribution in [1.29, 1.82) is 0 Å². The van der Waals surface area contributed by atoms with E-state index in [0.29, 0.717) is 5.39 Å². The Morgan fingerprint density at radius 1 is 1.03 bits per heavy atom. The molecule has 0 spiro atoms. The Morgan fingerprint density at radius 3 is 2.03 bits per heavy atom. The van der Waals surface area contributed by atoms with Gasteiger partial charge in [0.1, 0.15) is 0 Å². The molecule has 0 aromatic heterocycles. The molecule has 0 aliphatic rings. The van der Waals surface area contributed by atoms with Gasteiger partial charge in [0.25, 0.3) is 0 Å². The third kappa shape index (κ3) is 11.6. The maximum absolute atomic E-state index is 14.2. The zero-order valence-electron chi connectivity index (χ0n) is 24.4. The molecule has 3 radical (unpaired) electrons. The summed E-state index contributed by atoms with van der Waals surface area (Å²) in [6.07, 6.45) is 5.00. The molecular weight excluding hydrogens is 670 g/mol. The minimum atomic E-state index is -1.06. The first-order valence-electron chi connectivity index (χ1n) is 13.1. The van der Waals surface area contributed by atoms with Crippen molar-refractivity contribution in [2.45, 2.75) is 61.6 Å². The molecule has 0 saturated carbocycles. The topological polar surface area (TPSA) is 21.6 Å². The van der Waals surface area contributed by atoms with Crippen molar-refractivity contribution in [1.82, 2.24) is 0 Å². The van der Waals surface area contributed by atoms with E-state index >= 15 is 0 Å². The monoisotopic (exact) mass is 714 g/mol. The maximum atomic E-state index is 14.2. The van der Waals surface area contributed by atoms with Crippen LogP contribution in [0, 0.1) is 11.2 Å². The summed E-state index contributed by atoms with van der Waals surface area (Å²) >= 11 is 0.800. The van der Waals surface area contributed by atoms with Gasteiger partial charge in [-0.3, -0.25) is 0 Å². The van der Waals surface area contributed by atoms with Crippen molar-refractivity contribution in [3.63, 3.8) is 0 Å². The molecular formula is C32H43BF2NOPb. The molecule has 0 N–H and O–H groups in total. The van der Waals surface area contributed by atoms with E-state index in [0.717, 1.165) is 51.1 Å². The van der Waals surface area contributed by atoms with E-state index in [1.807, 2.05) is 82.1 Å². The van der Waals surface area contributed by atoms with E-state index in [1.54, 1.807) is 6.07 Å². The Morgan fingerprint density at radius 2 is 1.58 bits per heavy atom. The van der Waals surface area contributed by atoms with Crippen molar-refractivity contribution in [3.8, 4) is 5.75 Å². The minimum Gasteiger partial charge on any atom is -0.0683 e. The van der Waals surface area contributed by atoms with E-state index in [2.05, 4.69) is 40.9 Å². The van der Waals surface area contributed by atoms with Crippen LogP contribution in [0.2, 0.25) is 13.6 Å². The Kier molecular flexibility index (Phi) is 17.7. The van der Waals surface area contributed by atoms with Gasteiger partial charge in [0.2, 0.25) is 0 Å². The van der Waals surface area contributed by atoms with Crippen LogP contribution < -0.4 is 10.2 Å². The molecule has 3 aromatic rings. The summed E-state index contributed by atoms with van der Waals surface area (Å²) in [6, 6.07) is 16.9. The molecule has 0 unspecified atom stereocenters. The number of nitrogens with zero attached hydrogens (tertiary/aromatic N) is 1. The van der Waals surface area contributed by atoms with Gasteiger partial charge in [0, 0.05) is 0 Å². The standard InChI is InChI=1S/C20H17BF2NO.C7H12.C3H8.C2H6.Pb/c1-21(2)17-11-16(24-12-14-6-4-3-5-7-14)10-15-8-9-18(23)20(19(15)17)25-13-22;1-5-7(3,4)6-2;1-3-2;1-2;/h3-11H,13H2,1-2H3;5-6H,1-2H2,3-4H3;3H2,1-2H3;1-2H3;. The summed E-state index contributed by atoms with van der Waals surface area (Å²) in [6.45, 7) is 22.7. The van der Waals surface area contributed by atoms with E-state index < -0.39 is 12.7 Å². The van der Waals surface area contributed by atoms with Crippen molar-refractivity contribution < 1.29 is 13.5 Å². The van der Waals surface area contributed by atoms with Gasteiger partial charge < -0.3 is 0 Å². The first-order valence-corrected chi connectivity index (χ1v) is 15.1. The number of hydrogen-bond donors (Lipinski definition) is 0. The molecule has 0 aliphatic carbocycles. The second-order valence-corrected chi connectivity index (χ2v) is 11.0. The summed E-state index contributed by atoms with van der Waals surface area (Å²) < 4.78 is 32.9. The average molecular weight is 714 g/mol. The number of alkyl halides is 1. The van der Waals surface area contributed by atoms with E-state index in [-0.39, 0.29) is 17.9 Å². The smallest absolute Gasteiger partial charge is 0.0590 e. The molecule has 203 valence electrons. The summed E-state index contributed by atoms with van der Waals surface area (Å²) in [5, 5.41) is 1.41. The second kappa shape index (κ2) is 18.9. The first kappa shape index (κ1) is 35.7. The van der Waals surface area contributed by atoms with Crippen LogP contribution in [-0.4, -0.2) is 42.6 Å². The van der Waals surface area contributed by atoms with Crippen molar-refractivity contribution in [3.05, 3.63) is 91.3 Å². The Balaban J connectivity index is 0.000000966. The molecule has 6 heteroatoms. The van der Waals surface area contributed by atoms with Gasteiger partial charge >= 0.3 is 168 Å². The first-order chi connectivity index (χ1) is 18.0. The van der Waals surface area contributed by atoms with Crippen LogP contribution >= 0.6 is 0 Å². The number of allylic oxidation sites excluding steroid dienone is 2. The van der Waals surface area contributed by atoms with Crippen molar-refractivity contribution in [2.24, 2.45) is 10.4 Å². The minimum absolute atomic E-state index is 0.0293. The van der Waals surface area contributed by atoms with Gasteiger partial charge in [0.05, 0.1) is 0 Å². The van der Waals surface area contributed by atoms with E-state index in [4.69, 9.17) is 9.73 Å². The summed E-state index contributed by atoms with van der Waals surface area (Å²) in [5.74, 6) is -0.584. The van der Waals surface area contributed by atoms with E-state index in [9.17, 15) is 8.78 Å². The van der Waals surface area contributed by atoms with Crippen LogP contribution in [0.4, 0.5) is 14.5 Å². The average Bonchev–Trinajstić information content (AvgIpc) is 2.92. The molecule has 0 aliphatic heterocycles. The normalized spacial score (nSPS) is 10.6. The van der Waals surface area contributed by atoms with Crippen molar-refractivity contribution in [2.75, 3.05) is 6.86 Å². The number of fused-ring (bicyclic) bond motifs is 1. The quantitative estimate of drug-likeness (QED) is 0.136. The number of rotatable bonds is 7. The molecule has 0 atom stereocenters. The fourth-order valence-electron chi connectivity index (χ4n) is 3.01. The summed E-state index contributed by atoms with van der Waals surface area (Å²) in [4.78, 5) is 4.79. The van der Waals surface area contributed by atoms with Crippen molar-refractivity contribution >= 4 is 57.7 Å². The molecule has 0 fully saturated rings. The molecule has 3 aromatic carbocycles. The van der Waals surface area contributed by atoms with Crippen LogP contribution in [0.15, 0.2) is 84.9 Å². The number of ether oxygens (including phenoxy) is 1. The zero-order chi connectivity index (χ0) is 29.3. The van der Waals surface area contributed by atoms with Gasteiger partial charge in [-0.1, -0.05) is 60.1 Å². The van der Waals surface area contributed by atoms with Crippen LogP contribution in [0.3, 0.4) is 0 Å². The molecule has 0 heterocycles. The van der Waals surface area contributed by atoms with Gasteiger partial charge in [-0.2, -0.15) is 0 Å². The second-order valence-electron chi connectivity index (χ2n) is 9.18. The van der Waals surface area contributed by atoms with E-state index in [1.165, 1.54) is 12.5 Å². The Bertz CT molecular complexity index is 1150. The van der Waals surface area contributed by atoms with Gasteiger partial charge in [-0.05, 0) is 5.41 Å². The molecule has 0 amide bonds. The molecule has 3 rings (SSSR count). The Hall–Kier alpha value is -2.28. The molecule has 0 saturated heterocycles. The molecule has 0 bridgehead atoms. The predicted molar refractivity (Wildman–Crippen MR) is 168 cm³/mol. The number of halogens is 2. The fraction of sp³-hybridized carbons (Fsp3) is 0.344. The molecule has 38 heavy (non-hydrogen) atoms. The zero-order valence-corrected chi connectivity index (χ0v) is 28.3. The third-order valence-electron chi connectivity index (χ3n) is 5.20.